The van der Waals surface area contributed by atoms with Gasteiger partial charge in [-0.1, -0.05) is 11.6 Å². The van der Waals surface area contributed by atoms with Crippen LogP contribution in [-0.4, -0.2) is 64.7 Å². The Morgan fingerprint density at radius 2 is 1.97 bits per heavy atom. The van der Waals surface area contributed by atoms with Gasteiger partial charge < -0.3 is 15.3 Å². The number of rotatable bonds is 6. The number of carbonyl (C=O) groups is 3. The van der Waals surface area contributed by atoms with Crippen molar-refractivity contribution >= 4 is 41.1 Å². The lowest BCUT2D eigenvalue weighted by atomic mass is 9.95. The number of H-pyrrole nitrogens is 1. The van der Waals surface area contributed by atoms with Crippen molar-refractivity contribution < 1.29 is 23.9 Å². The number of carbonyl (C=O) groups excluding carboxylic acids is 2. The quantitative estimate of drug-likeness (QED) is 0.309. The van der Waals surface area contributed by atoms with Crippen LogP contribution in [0.1, 0.15) is 38.9 Å². The van der Waals surface area contributed by atoms with Gasteiger partial charge in [0.05, 0.1) is 22.0 Å². The van der Waals surface area contributed by atoms with Gasteiger partial charge in [-0.2, -0.15) is 9.78 Å². The van der Waals surface area contributed by atoms with Gasteiger partial charge in [-0.05, 0) is 59.8 Å². The van der Waals surface area contributed by atoms with Crippen molar-refractivity contribution in [1.29, 1.82) is 0 Å². The van der Waals surface area contributed by atoms with Crippen molar-refractivity contribution in [3.63, 3.8) is 0 Å². The first kappa shape index (κ1) is 25.7. The zero-order valence-corrected chi connectivity index (χ0v) is 21.1. The van der Waals surface area contributed by atoms with Crippen LogP contribution in [0.25, 0.3) is 11.8 Å². The molecule has 0 bridgehead atoms. The first-order valence-corrected chi connectivity index (χ1v) is 12.0. The third kappa shape index (κ3) is 4.99. The summed E-state index contributed by atoms with van der Waals surface area (Å²) in [5, 5.41) is 29.7. The van der Waals surface area contributed by atoms with Crippen molar-refractivity contribution in [3.8, 4) is 5.69 Å². The van der Waals surface area contributed by atoms with Crippen molar-refractivity contribution in [2.75, 3.05) is 11.9 Å². The molecule has 3 heterocycles. The van der Waals surface area contributed by atoms with Crippen molar-refractivity contribution in [1.82, 2.24) is 35.3 Å². The highest BCUT2D eigenvalue weighted by atomic mass is 35.5. The normalized spacial score (nSPS) is 14.8. The number of anilines is 1. The number of aromatic nitrogens is 6. The summed E-state index contributed by atoms with van der Waals surface area (Å²) in [5.41, 5.74) is 2.50. The highest BCUT2D eigenvalue weighted by molar-refractivity contribution is 6.31. The number of carboxylic acids is 1. The lowest BCUT2D eigenvalue weighted by molar-refractivity contribution is -0.135. The molecule has 1 aliphatic rings. The minimum absolute atomic E-state index is 0.0140. The molecule has 1 atom stereocenters. The molecule has 0 fully saturated rings. The highest BCUT2D eigenvalue weighted by Crippen LogP contribution is 2.33. The second-order valence-corrected chi connectivity index (χ2v) is 9.05. The topological polar surface area (TPSA) is 159 Å². The largest absolute Gasteiger partial charge is 0.478 e. The Morgan fingerprint density at radius 1 is 1.21 bits per heavy atom. The molecule has 5 rings (SSSR count). The summed E-state index contributed by atoms with van der Waals surface area (Å²) >= 11 is 5.98. The van der Waals surface area contributed by atoms with E-state index in [4.69, 9.17) is 16.7 Å². The molecule has 1 aliphatic heterocycles. The molecule has 198 valence electrons. The Hall–Kier alpha value is -4.91. The number of hydrogen-bond donors (Lipinski definition) is 3. The van der Waals surface area contributed by atoms with Crippen LogP contribution in [0.5, 0.6) is 0 Å². The van der Waals surface area contributed by atoms with Crippen LogP contribution in [0.15, 0.2) is 48.8 Å². The van der Waals surface area contributed by atoms with Gasteiger partial charge in [0.15, 0.2) is 5.82 Å². The van der Waals surface area contributed by atoms with Crippen LogP contribution in [0.3, 0.4) is 0 Å². The summed E-state index contributed by atoms with van der Waals surface area (Å²) in [4.78, 5) is 39.5. The fourth-order valence-electron chi connectivity index (χ4n) is 4.41. The van der Waals surface area contributed by atoms with Gasteiger partial charge in [-0.25, -0.2) is 9.18 Å². The maximum atomic E-state index is 15.0. The molecule has 12 nitrogen and oxygen atoms in total. The Balaban J connectivity index is 1.46. The molecule has 0 saturated heterocycles. The Morgan fingerprint density at radius 3 is 2.67 bits per heavy atom. The molecule has 0 aliphatic carbocycles. The second kappa shape index (κ2) is 10.5. The third-order valence-corrected chi connectivity index (χ3v) is 6.57. The molecule has 0 spiro atoms. The van der Waals surface area contributed by atoms with Gasteiger partial charge in [0.1, 0.15) is 12.4 Å². The number of fused-ring (bicyclic) bond motifs is 1. The van der Waals surface area contributed by atoms with Crippen LogP contribution < -0.4 is 5.32 Å². The number of aryl methyl sites for hydroxylation is 1. The molecule has 1 unspecified atom stereocenters. The minimum Gasteiger partial charge on any atom is -0.478 e. The third-order valence-electron chi connectivity index (χ3n) is 6.28. The monoisotopic (exact) mass is 550 g/mol. The zero-order valence-electron chi connectivity index (χ0n) is 20.3. The summed E-state index contributed by atoms with van der Waals surface area (Å²) in [6.07, 6.45) is 4.10. The van der Waals surface area contributed by atoms with Gasteiger partial charge >= 0.3 is 5.97 Å². The number of benzene rings is 2. The number of tetrazole rings is 1. The summed E-state index contributed by atoms with van der Waals surface area (Å²) in [5.74, 6) is -2.93. The predicted octanol–water partition coefficient (Wildman–Crippen LogP) is 2.96. The first-order chi connectivity index (χ1) is 18.7. The summed E-state index contributed by atoms with van der Waals surface area (Å²) in [6, 6.07) is 7.46. The first-order valence-electron chi connectivity index (χ1n) is 11.6. The Kier molecular flexibility index (Phi) is 6.90. The summed E-state index contributed by atoms with van der Waals surface area (Å²) < 4.78 is 16.2. The van der Waals surface area contributed by atoms with E-state index in [-0.39, 0.29) is 28.4 Å². The van der Waals surface area contributed by atoms with Crippen molar-refractivity contribution in [3.05, 3.63) is 87.7 Å². The number of amides is 2. The molecule has 39 heavy (non-hydrogen) atoms. The van der Waals surface area contributed by atoms with Gasteiger partial charge in [-0.3, -0.25) is 14.7 Å². The van der Waals surface area contributed by atoms with Crippen molar-refractivity contribution in [2.45, 2.75) is 19.4 Å². The number of nitrogens with zero attached hydrogens (tertiary/aromatic N) is 6. The molecule has 3 N–H and O–H groups in total. The molecule has 0 radical (unpaired) electrons. The molecule has 0 saturated carbocycles. The lowest BCUT2D eigenvalue weighted by Gasteiger charge is -2.34. The number of nitrogens with one attached hydrogen (secondary N) is 2. The average molecular weight is 551 g/mol. The van der Waals surface area contributed by atoms with Crippen LogP contribution in [-0.2, 0) is 16.0 Å². The van der Waals surface area contributed by atoms with Gasteiger partial charge in [0.25, 0.3) is 5.91 Å². The lowest BCUT2D eigenvalue weighted by Crippen LogP contribution is -2.44. The molecular formula is C25H20ClFN8O4. The van der Waals surface area contributed by atoms with E-state index in [1.165, 1.54) is 58.4 Å². The van der Waals surface area contributed by atoms with Gasteiger partial charge in [0, 0.05) is 41.5 Å². The van der Waals surface area contributed by atoms with E-state index < -0.39 is 29.6 Å². The number of hydrogen-bond acceptors (Lipinski definition) is 7. The Labute approximate surface area is 225 Å². The fourth-order valence-corrected chi connectivity index (χ4v) is 4.57. The minimum atomic E-state index is -1.10. The molecular weight excluding hydrogens is 531 g/mol. The van der Waals surface area contributed by atoms with E-state index in [1.54, 1.807) is 6.92 Å². The smallest absolute Gasteiger partial charge is 0.335 e. The van der Waals surface area contributed by atoms with Crippen LogP contribution >= 0.6 is 11.6 Å². The SMILES string of the molecule is Cc1[nH]nc2c1C(C(=O)Nc1ccc(C(=O)O)cc1)N(C(=O)/C=C/c1c(-n3cnnn3)ccc(Cl)c1F)CC2. The molecule has 4 aromatic rings. The van der Waals surface area contributed by atoms with Gasteiger partial charge in [0.2, 0.25) is 5.91 Å². The van der Waals surface area contributed by atoms with E-state index in [9.17, 15) is 18.8 Å². The standard InChI is InChI=1S/C25H20ClFN8O4/c1-13-21-18(31-30-13)10-11-34(23(21)24(37)29-15-4-2-14(3-5-15)25(38)39)20(36)9-6-16-19(35-12-28-32-33-35)8-7-17(26)22(16)27/h2-9,12,23H,10-11H2,1H3,(H,29,37)(H,30,31)(H,38,39)/b9-6+. The molecule has 14 heteroatoms. The van der Waals surface area contributed by atoms with E-state index in [1.807, 2.05) is 0 Å². The van der Waals surface area contributed by atoms with Gasteiger partial charge in [-0.15, -0.1) is 5.10 Å². The fraction of sp³-hybridized carbons (Fsp3) is 0.160. The van der Waals surface area contributed by atoms with E-state index in [2.05, 4.69) is 31.0 Å². The molecule has 2 amide bonds. The summed E-state index contributed by atoms with van der Waals surface area (Å²) in [7, 11) is 0. The summed E-state index contributed by atoms with van der Waals surface area (Å²) in [6.45, 7) is 1.92. The van der Waals surface area contributed by atoms with Crippen LogP contribution in [0, 0.1) is 12.7 Å². The van der Waals surface area contributed by atoms with E-state index in [0.29, 0.717) is 29.1 Å². The average Bonchev–Trinajstić information content (AvgIpc) is 3.59. The maximum Gasteiger partial charge on any atom is 0.335 e. The van der Waals surface area contributed by atoms with E-state index in [0.717, 1.165) is 6.08 Å². The number of halogens is 2. The second-order valence-electron chi connectivity index (χ2n) is 8.65. The molecule has 2 aromatic carbocycles. The predicted molar refractivity (Wildman–Crippen MR) is 137 cm³/mol. The van der Waals surface area contributed by atoms with Crippen LogP contribution in [0.2, 0.25) is 5.02 Å². The Bertz CT molecular complexity index is 1600. The highest BCUT2D eigenvalue weighted by Gasteiger charge is 2.38. The van der Waals surface area contributed by atoms with E-state index >= 15 is 0 Å². The van der Waals surface area contributed by atoms with Crippen molar-refractivity contribution in [2.24, 2.45) is 0 Å². The molecule has 2 aromatic heterocycles. The van der Waals surface area contributed by atoms with Crippen LogP contribution in [0.4, 0.5) is 10.1 Å². The maximum absolute atomic E-state index is 15.0. The number of carboxylic acid groups (broad SMARTS) is 1. The number of aromatic carboxylic acids is 1. The number of aromatic amines is 1. The zero-order chi connectivity index (χ0) is 27.7.